The van der Waals surface area contributed by atoms with E-state index in [1.807, 2.05) is 36.5 Å². The number of hydrogen-bond donors (Lipinski definition) is 2. The number of anilines is 2. The van der Waals surface area contributed by atoms with Crippen LogP contribution in [0.5, 0.6) is 0 Å². The molecule has 0 radical (unpaired) electrons. The predicted octanol–water partition coefficient (Wildman–Crippen LogP) is 7.27. The lowest BCUT2D eigenvalue weighted by atomic mass is 9.84. The van der Waals surface area contributed by atoms with Crippen LogP contribution in [0.25, 0.3) is 22.6 Å². The van der Waals surface area contributed by atoms with Crippen molar-refractivity contribution in [1.82, 2.24) is 9.97 Å². The molecule has 0 spiro atoms. The molecule has 4 aromatic rings. The monoisotopic (exact) mass is 413 g/mol. The van der Waals surface area contributed by atoms with Crippen molar-refractivity contribution in [3.63, 3.8) is 0 Å². The van der Waals surface area contributed by atoms with Gasteiger partial charge in [0.25, 0.3) is 0 Å². The Labute approximate surface area is 182 Å². The van der Waals surface area contributed by atoms with Crippen molar-refractivity contribution in [2.45, 2.75) is 26.2 Å². The van der Waals surface area contributed by atoms with Crippen LogP contribution in [0.4, 0.5) is 11.4 Å². The largest absolute Gasteiger partial charge is 0.355 e. The summed E-state index contributed by atoms with van der Waals surface area (Å²) < 4.78 is 0. The minimum absolute atomic E-state index is 0.679. The minimum Gasteiger partial charge on any atom is -0.355 e. The molecule has 1 aliphatic rings. The highest BCUT2D eigenvalue weighted by atomic mass is 35.5. The van der Waals surface area contributed by atoms with E-state index in [-0.39, 0.29) is 0 Å². The zero-order valence-corrected chi connectivity index (χ0v) is 17.7. The fourth-order valence-corrected chi connectivity index (χ4v) is 4.48. The third-order valence-electron chi connectivity index (χ3n) is 5.89. The molecular weight excluding hydrogens is 390 g/mol. The lowest BCUT2D eigenvalue weighted by Gasteiger charge is -2.24. The highest BCUT2D eigenvalue weighted by Crippen LogP contribution is 2.35. The highest BCUT2D eigenvalue weighted by Gasteiger charge is 2.18. The van der Waals surface area contributed by atoms with E-state index in [9.17, 15) is 0 Å². The third kappa shape index (κ3) is 3.73. The average Bonchev–Trinajstić information content (AvgIpc) is 3.26. The Morgan fingerprint density at radius 3 is 2.77 bits per heavy atom. The van der Waals surface area contributed by atoms with E-state index in [0.29, 0.717) is 5.02 Å². The normalized spacial score (nSPS) is 15.6. The molecule has 1 aromatic heterocycles. The van der Waals surface area contributed by atoms with E-state index in [2.05, 4.69) is 58.6 Å². The molecule has 0 amide bonds. The zero-order chi connectivity index (χ0) is 20.5. The fraction of sp³-hybridized carbons (Fsp3) is 0.192. The summed E-state index contributed by atoms with van der Waals surface area (Å²) in [4.78, 5) is 7.99. The summed E-state index contributed by atoms with van der Waals surface area (Å²) in [7, 11) is 0. The van der Waals surface area contributed by atoms with Crippen molar-refractivity contribution in [3.8, 4) is 22.6 Å². The summed E-state index contributed by atoms with van der Waals surface area (Å²) in [6, 6.07) is 22.8. The molecular formula is C26H24ClN3. The Morgan fingerprint density at radius 2 is 1.90 bits per heavy atom. The fourth-order valence-electron chi connectivity index (χ4n) is 4.27. The number of aromatic amines is 1. The summed E-state index contributed by atoms with van der Waals surface area (Å²) in [5.74, 6) is 1.53. The van der Waals surface area contributed by atoms with Crippen LogP contribution in [0, 0.1) is 5.92 Å². The second-order valence-electron chi connectivity index (χ2n) is 8.12. The molecule has 4 heteroatoms. The molecule has 3 aromatic carbocycles. The lowest BCUT2D eigenvalue weighted by Crippen LogP contribution is -2.12. The maximum atomic E-state index is 6.53. The number of aromatic nitrogens is 2. The van der Waals surface area contributed by atoms with Crippen molar-refractivity contribution in [1.29, 1.82) is 0 Å². The minimum atomic E-state index is 0.679. The number of H-pyrrole nitrogens is 1. The van der Waals surface area contributed by atoms with Gasteiger partial charge in [0.1, 0.15) is 5.82 Å². The van der Waals surface area contributed by atoms with Crippen LogP contribution < -0.4 is 5.32 Å². The number of rotatable bonds is 4. The molecule has 0 saturated heterocycles. The SMILES string of the molecule is CC1CCc2c(cccc2Nc2ccc(Cl)c(-c3ncc(-c4ccccc4)[nH]3)c2)C1. The second kappa shape index (κ2) is 8.00. The first-order valence-corrected chi connectivity index (χ1v) is 10.8. The van der Waals surface area contributed by atoms with Crippen molar-refractivity contribution < 1.29 is 0 Å². The predicted molar refractivity (Wildman–Crippen MR) is 125 cm³/mol. The highest BCUT2D eigenvalue weighted by molar-refractivity contribution is 6.33. The Hall–Kier alpha value is -3.04. The summed E-state index contributed by atoms with van der Waals surface area (Å²) in [6.07, 6.45) is 5.38. The molecule has 1 unspecified atom stereocenters. The van der Waals surface area contributed by atoms with Gasteiger partial charge < -0.3 is 10.3 Å². The van der Waals surface area contributed by atoms with E-state index >= 15 is 0 Å². The number of halogens is 1. The molecule has 0 fully saturated rings. The van der Waals surface area contributed by atoms with Gasteiger partial charge in [-0.15, -0.1) is 0 Å². The Balaban J connectivity index is 1.45. The zero-order valence-electron chi connectivity index (χ0n) is 17.0. The van der Waals surface area contributed by atoms with Crippen LogP contribution in [0.3, 0.4) is 0 Å². The summed E-state index contributed by atoms with van der Waals surface area (Å²) in [6.45, 7) is 2.33. The van der Waals surface area contributed by atoms with Crippen LogP contribution >= 0.6 is 11.6 Å². The molecule has 1 heterocycles. The van der Waals surface area contributed by atoms with E-state index in [1.54, 1.807) is 0 Å². The molecule has 0 aliphatic heterocycles. The van der Waals surface area contributed by atoms with E-state index in [0.717, 1.165) is 47.1 Å². The van der Waals surface area contributed by atoms with Crippen LogP contribution in [0.2, 0.25) is 5.02 Å². The number of imidazole rings is 1. The average molecular weight is 414 g/mol. The molecule has 30 heavy (non-hydrogen) atoms. The number of hydrogen-bond acceptors (Lipinski definition) is 2. The molecule has 1 aliphatic carbocycles. The van der Waals surface area contributed by atoms with E-state index < -0.39 is 0 Å². The van der Waals surface area contributed by atoms with Crippen LogP contribution in [0.1, 0.15) is 24.5 Å². The quantitative estimate of drug-likeness (QED) is 0.369. The van der Waals surface area contributed by atoms with Crippen LogP contribution in [-0.2, 0) is 12.8 Å². The smallest absolute Gasteiger partial charge is 0.139 e. The van der Waals surface area contributed by atoms with Gasteiger partial charge in [-0.2, -0.15) is 0 Å². The maximum Gasteiger partial charge on any atom is 0.139 e. The first-order chi connectivity index (χ1) is 14.7. The maximum absolute atomic E-state index is 6.53. The first-order valence-electron chi connectivity index (χ1n) is 10.5. The number of benzene rings is 3. The Morgan fingerprint density at radius 1 is 1.03 bits per heavy atom. The molecule has 1 atom stereocenters. The van der Waals surface area contributed by atoms with Gasteiger partial charge in [-0.3, -0.25) is 0 Å². The standard InChI is InChI=1S/C26H24ClN3/c1-17-10-12-21-19(14-17)8-5-9-24(21)29-20-11-13-23(27)22(15-20)26-28-16-25(30-26)18-6-3-2-4-7-18/h2-9,11,13,15-17,29H,10,12,14H2,1H3,(H,28,30). The second-order valence-corrected chi connectivity index (χ2v) is 8.53. The topological polar surface area (TPSA) is 40.7 Å². The number of nitrogens with zero attached hydrogens (tertiary/aromatic N) is 1. The molecule has 0 bridgehead atoms. The molecule has 150 valence electrons. The Kier molecular flexibility index (Phi) is 5.06. The molecule has 2 N–H and O–H groups in total. The third-order valence-corrected chi connectivity index (χ3v) is 6.22. The van der Waals surface area contributed by atoms with Crippen molar-refractivity contribution in [2.75, 3.05) is 5.32 Å². The Bertz CT molecular complexity index is 1180. The van der Waals surface area contributed by atoms with Gasteiger partial charge in [-0.25, -0.2) is 4.98 Å². The molecule has 5 rings (SSSR count). The van der Waals surface area contributed by atoms with Crippen LogP contribution in [0.15, 0.2) is 72.9 Å². The van der Waals surface area contributed by atoms with Crippen molar-refractivity contribution >= 4 is 23.0 Å². The van der Waals surface area contributed by atoms with E-state index in [4.69, 9.17) is 11.6 Å². The van der Waals surface area contributed by atoms with E-state index in [1.165, 1.54) is 23.2 Å². The van der Waals surface area contributed by atoms with Gasteiger partial charge in [0.15, 0.2) is 0 Å². The summed E-state index contributed by atoms with van der Waals surface area (Å²) >= 11 is 6.53. The van der Waals surface area contributed by atoms with Crippen molar-refractivity contribution in [2.24, 2.45) is 5.92 Å². The van der Waals surface area contributed by atoms with Gasteiger partial charge in [0.2, 0.25) is 0 Å². The van der Waals surface area contributed by atoms with Crippen LogP contribution in [-0.4, -0.2) is 9.97 Å². The van der Waals surface area contributed by atoms with Gasteiger partial charge in [-0.05, 0) is 66.1 Å². The van der Waals surface area contributed by atoms with Gasteiger partial charge in [-0.1, -0.05) is 61.0 Å². The van der Waals surface area contributed by atoms with Gasteiger partial charge in [0.05, 0.1) is 16.9 Å². The summed E-state index contributed by atoms with van der Waals surface area (Å²) in [5.41, 5.74) is 8.08. The number of fused-ring (bicyclic) bond motifs is 1. The molecule has 3 nitrogen and oxygen atoms in total. The number of nitrogens with one attached hydrogen (secondary N) is 2. The lowest BCUT2D eigenvalue weighted by molar-refractivity contribution is 0.502. The first kappa shape index (κ1) is 19.0. The van der Waals surface area contributed by atoms with Crippen molar-refractivity contribution in [3.05, 3.63) is 89.1 Å². The molecule has 0 saturated carbocycles. The van der Waals surface area contributed by atoms with Gasteiger partial charge >= 0.3 is 0 Å². The summed E-state index contributed by atoms with van der Waals surface area (Å²) in [5, 5.41) is 4.30. The van der Waals surface area contributed by atoms with Gasteiger partial charge in [0, 0.05) is 16.9 Å².